The number of pyridine rings is 1. The number of hydrogen-bond donors (Lipinski definition) is 1. The number of H-pyrrole nitrogens is 1. The Bertz CT molecular complexity index is 551. The molecule has 2 aromatic rings. The minimum atomic E-state index is -2.42. The number of halogens is 2. The molecule has 0 spiro atoms. The Labute approximate surface area is 101 Å². The fourth-order valence-corrected chi connectivity index (χ4v) is 1.93. The molecule has 0 bridgehead atoms. The van der Waals surface area contributed by atoms with Crippen molar-refractivity contribution in [3.8, 4) is 11.3 Å². The lowest BCUT2D eigenvalue weighted by Gasteiger charge is -2.03. The largest absolute Gasteiger partial charge is 0.322 e. The van der Waals surface area contributed by atoms with E-state index in [9.17, 15) is 13.6 Å². The Balaban J connectivity index is 2.26. The zero-order valence-electron chi connectivity index (χ0n) is 8.69. The first-order valence-electron chi connectivity index (χ1n) is 4.90. The van der Waals surface area contributed by atoms with E-state index in [1.165, 1.54) is 6.07 Å². The van der Waals surface area contributed by atoms with Gasteiger partial charge in [0.25, 0.3) is 5.76 Å². The second kappa shape index (κ2) is 5.14. The van der Waals surface area contributed by atoms with Crippen LogP contribution in [0.5, 0.6) is 0 Å². The molecule has 1 heterocycles. The molecule has 0 amide bonds. The highest BCUT2D eigenvalue weighted by molar-refractivity contribution is 7.99. The second-order valence-electron chi connectivity index (χ2n) is 3.33. The summed E-state index contributed by atoms with van der Waals surface area (Å²) in [7, 11) is 0. The number of nitrogens with one attached hydrogen (secondary N) is 1. The van der Waals surface area contributed by atoms with E-state index < -0.39 is 5.76 Å². The molecule has 1 aromatic heterocycles. The van der Waals surface area contributed by atoms with Crippen molar-refractivity contribution in [2.75, 3.05) is 0 Å². The van der Waals surface area contributed by atoms with Crippen LogP contribution in [0.2, 0.25) is 0 Å². The molecule has 0 radical (unpaired) electrons. The van der Waals surface area contributed by atoms with Crippen molar-refractivity contribution >= 4 is 11.8 Å². The van der Waals surface area contributed by atoms with E-state index in [2.05, 4.69) is 4.98 Å². The summed E-state index contributed by atoms with van der Waals surface area (Å²) >= 11 is 0.500. The molecular formula is C12H9F2NOS. The van der Waals surface area contributed by atoms with Crippen molar-refractivity contribution in [1.29, 1.82) is 0 Å². The molecule has 0 unspecified atom stereocenters. The van der Waals surface area contributed by atoms with Gasteiger partial charge in [0.05, 0.1) is 0 Å². The summed E-state index contributed by atoms with van der Waals surface area (Å²) in [5, 5.41) is 0. The van der Waals surface area contributed by atoms with Crippen molar-refractivity contribution in [2.45, 2.75) is 10.7 Å². The van der Waals surface area contributed by atoms with E-state index in [4.69, 9.17) is 0 Å². The van der Waals surface area contributed by atoms with Gasteiger partial charge in [-0.25, -0.2) is 0 Å². The first kappa shape index (κ1) is 11.9. The van der Waals surface area contributed by atoms with Gasteiger partial charge in [-0.1, -0.05) is 30.0 Å². The van der Waals surface area contributed by atoms with E-state index in [1.54, 1.807) is 36.4 Å². The van der Waals surface area contributed by atoms with Gasteiger partial charge in [-0.3, -0.25) is 4.79 Å². The summed E-state index contributed by atoms with van der Waals surface area (Å²) in [6.07, 6.45) is 0. The van der Waals surface area contributed by atoms with Gasteiger partial charge in [-0.05, 0) is 23.8 Å². The van der Waals surface area contributed by atoms with Crippen LogP contribution in [0.1, 0.15) is 0 Å². The lowest BCUT2D eigenvalue weighted by atomic mass is 10.1. The second-order valence-corrected chi connectivity index (χ2v) is 4.40. The van der Waals surface area contributed by atoms with Crippen LogP contribution in [-0.2, 0) is 0 Å². The van der Waals surface area contributed by atoms with Crippen LogP contribution >= 0.6 is 11.8 Å². The smallest absolute Gasteiger partial charge is 0.288 e. The summed E-state index contributed by atoms with van der Waals surface area (Å²) in [6.45, 7) is 0. The first-order valence-corrected chi connectivity index (χ1v) is 5.78. The SMILES string of the molecule is O=c1cccc(-c2ccc(SC(F)F)cc2)[nH]1. The van der Waals surface area contributed by atoms with Crippen LogP contribution in [-0.4, -0.2) is 10.7 Å². The van der Waals surface area contributed by atoms with E-state index in [1.807, 2.05) is 0 Å². The molecule has 0 aliphatic rings. The summed E-state index contributed by atoms with van der Waals surface area (Å²) in [5.41, 5.74) is 1.28. The Morgan fingerprint density at radius 3 is 2.35 bits per heavy atom. The maximum Gasteiger partial charge on any atom is 0.288 e. The van der Waals surface area contributed by atoms with Crippen LogP contribution in [0.3, 0.4) is 0 Å². The molecule has 17 heavy (non-hydrogen) atoms. The highest BCUT2D eigenvalue weighted by Gasteiger charge is 2.05. The summed E-state index contributed by atoms with van der Waals surface area (Å²) in [6, 6.07) is 11.5. The Hall–Kier alpha value is -1.62. The molecular weight excluding hydrogens is 244 g/mol. The molecule has 1 N–H and O–H groups in total. The lowest BCUT2D eigenvalue weighted by molar-refractivity contribution is 0.252. The highest BCUT2D eigenvalue weighted by atomic mass is 32.2. The minimum absolute atomic E-state index is 0.187. The predicted octanol–water partition coefficient (Wildman–Crippen LogP) is 3.36. The molecule has 0 saturated heterocycles. The molecule has 88 valence electrons. The monoisotopic (exact) mass is 253 g/mol. The van der Waals surface area contributed by atoms with Gasteiger partial charge in [0.15, 0.2) is 0 Å². The summed E-state index contributed by atoms with van der Waals surface area (Å²) in [4.78, 5) is 14.3. The Morgan fingerprint density at radius 2 is 1.76 bits per heavy atom. The number of rotatable bonds is 3. The van der Waals surface area contributed by atoms with Crippen LogP contribution in [0.25, 0.3) is 11.3 Å². The van der Waals surface area contributed by atoms with Crippen LogP contribution in [0.4, 0.5) is 8.78 Å². The predicted molar refractivity (Wildman–Crippen MR) is 64.4 cm³/mol. The normalized spacial score (nSPS) is 10.8. The van der Waals surface area contributed by atoms with Crippen molar-refractivity contribution in [2.24, 2.45) is 0 Å². The minimum Gasteiger partial charge on any atom is -0.322 e. The number of thioether (sulfide) groups is 1. The molecule has 5 heteroatoms. The molecule has 0 aliphatic heterocycles. The molecule has 0 atom stereocenters. The topological polar surface area (TPSA) is 32.9 Å². The van der Waals surface area contributed by atoms with Crippen molar-refractivity contribution in [1.82, 2.24) is 4.98 Å². The molecule has 0 fully saturated rings. The van der Waals surface area contributed by atoms with Gasteiger partial charge in [0.2, 0.25) is 5.56 Å². The van der Waals surface area contributed by atoms with Gasteiger partial charge >= 0.3 is 0 Å². The molecule has 0 saturated carbocycles. The fourth-order valence-electron chi connectivity index (χ4n) is 1.43. The van der Waals surface area contributed by atoms with Gasteiger partial charge in [0, 0.05) is 16.7 Å². The number of aromatic amines is 1. The quantitative estimate of drug-likeness (QED) is 0.851. The maximum atomic E-state index is 12.1. The van der Waals surface area contributed by atoms with E-state index in [0.717, 1.165) is 5.56 Å². The summed E-state index contributed by atoms with van der Waals surface area (Å²) < 4.78 is 24.2. The van der Waals surface area contributed by atoms with Crippen LogP contribution in [0.15, 0.2) is 52.2 Å². The zero-order valence-corrected chi connectivity index (χ0v) is 9.51. The molecule has 0 aliphatic carbocycles. The Morgan fingerprint density at radius 1 is 1.06 bits per heavy atom. The van der Waals surface area contributed by atoms with E-state index in [0.29, 0.717) is 22.4 Å². The van der Waals surface area contributed by atoms with Gasteiger partial charge < -0.3 is 4.98 Å². The molecule has 2 nitrogen and oxygen atoms in total. The van der Waals surface area contributed by atoms with Gasteiger partial charge in [-0.15, -0.1) is 0 Å². The molecule has 1 aromatic carbocycles. The van der Waals surface area contributed by atoms with Crippen molar-refractivity contribution < 1.29 is 8.78 Å². The van der Waals surface area contributed by atoms with Gasteiger partial charge in [0.1, 0.15) is 0 Å². The maximum absolute atomic E-state index is 12.1. The number of hydrogen-bond acceptors (Lipinski definition) is 2. The third-order valence-corrected chi connectivity index (χ3v) is 2.88. The number of aromatic nitrogens is 1. The van der Waals surface area contributed by atoms with E-state index >= 15 is 0 Å². The average molecular weight is 253 g/mol. The van der Waals surface area contributed by atoms with E-state index in [-0.39, 0.29) is 5.56 Å². The van der Waals surface area contributed by atoms with Crippen LogP contribution in [0, 0.1) is 0 Å². The third kappa shape index (κ3) is 3.17. The van der Waals surface area contributed by atoms with Gasteiger partial charge in [-0.2, -0.15) is 8.78 Å². The average Bonchev–Trinajstić information content (AvgIpc) is 2.29. The zero-order chi connectivity index (χ0) is 12.3. The first-order chi connectivity index (χ1) is 8.15. The third-order valence-electron chi connectivity index (χ3n) is 2.16. The Kier molecular flexibility index (Phi) is 3.58. The number of benzene rings is 1. The lowest BCUT2D eigenvalue weighted by Crippen LogP contribution is -2.03. The van der Waals surface area contributed by atoms with Crippen LogP contribution < -0.4 is 5.56 Å². The summed E-state index contributed by atoms with van der Waals surface area (Å²) in [5.74, 6) is -2.42. The fraction of sp³-hybridized carbons (Fsp3) is 0.0833. The van der Waals surface area contributed by atoms with Crippen molar-refractivity contribution in [3.05, 3.63) is 52.8 Å². The molecule has 2 rings (SSSR count). The highest BCUT2D eigenvalue weighted by Crippen LogP contribution is 2.27. The standard InChI is InChI=1S/C12H9F2NOS/c13-12(14)17-9-6-4-8(5-7-9)10-2-1-3-11(16)15-10/h1-7,12H,(H,15,16). The number of alkyl halides is 2. The van der Waals surface area contributed by atoms with Crippen molar-refractivity contribution in [3.63, 3.8) is 0 Å².